The number of halogens is 1. The summed E-state index contributed by atoms with van der Waals surface area (Å²) in [5.74, 6) is -1.61. The number of rotatable bonds is 1. The van der Waals surface area contributed by atoms with Crippen LogP contribution in [0.1, 0.15) is 11.5 Å². The molecule has 0 saturated heterocycles. The van der Waals surface area contributed by atoms with Gasteiger partial charge in [-0.15, -0.1) is 0 Å². The van der Waals surface area contributed by atoms with E-state index in [-0.39, 0.29) is 11.5 Å². The predicted molar refractivity (Wildman–Crippen MR) is 66.4 cm³/mol. The summed E-state index contributed by atoms with van der Waals surface area (Å²) in [6, 6.07) is 10.6. The molecule has 1 aromatic carbocycles. The van der Waals surface area contributed by atoms with Gasteiger partial charge in [0, 0.05) is 5.56 Å². The van der Waals surface area contributed by atoms with Gasteiger partial charge in [0.25, 0.3) is 0 Å². The minimum Gasteiger partial charge on any atom is -0.439 e. The Kier molecular flexibility index (Phi) is 3.29. The quantitative estimate of drug-likeness (QED) is 0.841. The van der Waals surface area contributed by atoms with E-state index in [1.54, 1.807) is 18.2 Å². The molecule has 6 heteroatoms. The van der Waals surface area contributed by atoms with Gasteiger partial charge in [-0.3, -0.25) is 0 Å². The highest BCUT2D eigenvalue weighted by Crippen LogP contribution is 2.44. The second-order valence-electron chi connectivity index (χ2n) is 3.86. The SMILES string of the molecule is N#CC1=C(N)Oc2c(Cl)cccc2C1C(C#N)C#N. The number of hydrogen-bond acceptors (Lipinski definition) is 5. The first-order valence-corrected chi connectivity index (χ1v) is 5.67. The molecule has 1 atom stereocenters. The van der Waals surface area contributed by atoms with Crippen LogP contribution in [0.15, 0.2) is 29.7 Å². The van der Waals surface area contributed by atoms with E-state index in [2.05, 4.69) is 0 Å². The molecule has 1 aliphatic rings. The fourth-order valence-corrected chi connectivity index (χ4v) is 2.22. The number of hydrogen-bond donors (Lipinski definition) is 1. The van der Waals surface area contributed by atoms with Gasteiger partial charge >= 0.3 is 0 Å². The molecular formula is C13H7ClN4O. The van der Waals surface area contributed by atoms with Crippen molar-refractivity contribution in [3.8, 4) is 24.0 Å². The van der Waals surface area contributed by atoms with Crippen LogP contribution in [0.2, 0.25) is 5.02 Å². The Morgan fingerprint density at radius 2 is 1.95 bits per heavy atom. The van der Waals surface area contributed by atoms with Gasteiger partial charge in [-0.05, 0) is 6.07 Å². The molecule has 0 aromatic heterocycles. The maximum absolute atomic E-state index is 9.15. The number of ether oxygens (including phenoxy) is 1. The first-order chi connectivity index (χ1) is 9.13. The third-order valence-electron chi connectivity index (χ3n) is 2.85. The Balaban J connectivity index is 2.70. The van der Waals surface area contributed by atoms with Crippen LogP contribution in [0.5, 0.6) is 5.75 Å². The van der Waals surface area contributed by atoms with Gasteiger partial charge in [0.05, 0.1) is 28.7 Å². The summed E-state index contributed by atoms with van der Waals surface area (Å²) in [5, 5.41) is 27.6. The predicted octanol–water partition coefficient (Wildman–Crippen LogP) is 2.17. The Hall–Kier alpha value is -2.68. The van der Waals surface area contributed by atoms with E-state index in [1.807, 2.05) is 18.2 Å². The molecule has 1 aromatic rings. The van der Waals surface area contributed by atoms with E-state index in [0.29, 0.717) is 16.3 Å². The van der Waals surface area contributed by atoms with Crippen molar-refractivity contribution < 1.29 is 4.74 Å². The van der Waals surface area contributed by atoms with E-state index in [9.17, 15) is 0 Å². The van der Waals surface area contributed by atoms with Gasteiger partial charge in [0.1, 0.15) is 12.0 Å². The number of nitrogens with two attached hydrogens (primary N) is 1. The van der Waals surface area contributed by atoms with Gasteiger partial charge in [-0.2, -0.15) is 15.8 Å². The lowest BCUT2D eigenvalue weighted by Crippen LogP contribution is -2.24. The molecule has 5 nitrogen and oxygen atoms in total. The summed E-state index contributed by atoms with van der Waals surface area (Å²) in [4.78, 5) is 0. The second-order valence-corrected chi connectivity index (χ2v) is 4.27. The molecule has 92 valence electrons. The zero-order valence-electron chi connectivity index (χ0n) is 9.59. The summed E-state index contributed by atoms with van der Waals surface area (Å²) >= 11 is 6.00. The number of para-hydroxylation sites is 1. The Bertz CT molecular complexity index is 676. The molecular weight excluding hydrogens is 264 g/mol. The zero-order valence-corrected chi connectivity index (χ0v) is 10.3. The van der Waals surface area contributed by atoms with Crippen molar-refractivity contribution in [1.29, 1.82) is 15.8 Å². The number of fused-ring (bicyclic) bond motifs is 1. The third-order valence-corrected chi connectivity index (χ3v) is 3.15. The summed E-state index contributed by atoms with van der Waals surface area (Å²) in [5.41, 5.74) is 6.26. The average molecular weight is 271 g/mol. The molecule has 1 aliphatic heterocycles. The molecule has 0 amide bonds. The van der Waals surface area contributed by atoms with Gasteiger partial charge in [0.15, 0.2) is 5.75 Å². The zero-order chi connectivity index (χ0) is 14.0. The fourth-order valence-electron chi connectivity index (χ4n) is 2.00. The van der Waals surface area contributed by atoms with Crippen LogP contribution in [0.3, 0.4) is 0 Å². The standard InChI is InChI=1S/C13H7ClN4O/c14-10-3-1-2-8-11(7(4-15)5-16)9(6-17)13(18)19-12(8)10/h1-3,7,11H,18H2. The van der Waals surface area contributed by atoms with Crippen LogP contribution in [-0.4, -0.2) is 0 Å². The van der Waals surface area contributed by atoms with Crippen LogP contribution >= 0.6 is 11.6 Å². The molecule has 1 heterocycles. The minimum absolute atomic E-state index is 0.0721. The van der Waals surface area contributed by atoms with Crippen molar-refractivity contribution >= 4 is 11.6 Å². The highest BCUT2D eigenvalue weighted by atomic mass is 35.5. The van der Waals surface area contributed by atoms with Gasteiger partial charge in [0.2, 0.25) is 5.88 Å². The maximum atomic E-state index is 9.15. The lowest BCUT2D eigenvalue weighted by Gasteiger charge is -2.26. The van der Waals surface area contributed by atoms with Crippen LogP contribution in [-0.2, 0) is 0 Å². The van der Waals surface area contributed by atoms with E-state index in [0.717, 1.165) is 0 Å². The second kappa shape index (κ2) is 4.90. The highest BCUT2D eigenvalue weighted by Gasteiger charge is 2.36. The van der Waals surface area contributed by atoms with Crippen molar-refractivity contribution in [2.24, 2.45) is 11.7 Å². The summed E-state index contributed by atoms with van der Waals surface area (Å²) in [6.07, 6.45) is 0. The topological polar surface area (TPSA) is 107 Å². The summed E-state index contributed by atoms with van der Waals surface area (Å²) in [6.45, 7) is 0. The molecule has 1 unspecified atom stereocenters. The highest BCUT2D eigenvalue weighted by molar-refractivity contribution is 6.32. The van der Waals surface area contributed by atoms with Crippen molar-refractivity contribution in [2.45, 2.75) is 5.92 Å². The molecule has 0 saturated carbocycles. The molecule has 2 N–H and O–H groups in total. The van der Waals surface area contributed by atoms with Crippen LogP contribution in [0.4, 0.5) is 0 Å². The molecule has 0 fully saturated rings. The largest absolute Gasteiger partial charge is 0.439 e. The van der Waals surface area contributed by atoms with E-state index in [4.69, 9.17) is 37.9 Å². The molecule has 19 heavy (non-hydrogen) atoms. The minimum atomic E-state index is -1.03. The first kappa shape index (κ1) is 12.8. The van der Waals surface area contributed by atoms with Crippen molar-refractivity contribution in [3.05, 3.63) is 40.2 Å². The average Bonchev–Trinajstić information content (AvgIpc) is 2.41. The van der Waals surface area contributed by atoms with E-state index in [1.165, 1.54) is 0 Å². The lowest BCUT2D eigenvalue weighted by molar-refractivity contribution is 0.383. The monoisotopic (exact) mass is 270 g/mol. The Labute approximate surface area is 114 Å². The number of nitriles is 3. The van der Waals surface area contributed by atoms with Crippen LogP contribution in [0.25, 0.3) is 0 Å². The Morgan fingerprint density at radius 3 is 2.53 bits per heavy atom. The van der Waals surface area contributed by atoms with Crippen molar-refractivity contribution in [1.82, 2.24) is 0 Å². The Morgan fingerprint density at radius 1 is 1.26 bits per heavy atom. The molecule has 0 radical (unpaired) electrons. The third kappa shape index (κ3) is 1.95. The number of benzene rings is 1. The van der Waals surface area contributed by atoms with Gasteiger partial charge in [-0.25, -0.2) is 0 Å². The van der Waals surface area contributed by atoms with E-state index < -0.39 is 11.8 Å². The molecule has 2 rings (SSSR count). The number of allylic oxidation sites excluding steroid dienone is 1. The number of nitrogens with zero attached hydrogens (tertiary/aromatic N) is 3. The fraction of sp³-hybridized carbons (Fsp3) is 0.154. The maximum Gasteiger partial charge on any atom is 0.205 e. The normalized spacial score (nSPS) is 16.9. The van der Waals surface area contributed by atoms with Crippen LogP contribution < -0.4 is 10.5 Å². The first-order valence-electron chi connectivity index (χ1n) is 5.29. The van der Waals surface area contributed by atoms with Crippen molar-refractivity contribution in [3.63, 3.8) is 0 Å². The lowest BCUT2D eigenvalue weighted by atomic mass is 9.80. The summed E-state index contributed by atoms with van der Waals surface area (Å²) < 4.78 is 5.32. The van der Waals surface area contributed by atoms with E-state index >= 15 is 0 Å². The van der Waals surface area contributed by atoms with Gasteiger partial charge in [-0.1, -0.05) is 23.7 Å². The molecule has 0 aliphatic carbocycles. The smallest absolute Gasteiger partial charge is 0.205 e. The van der Waals surface area contributed by atoms with Crippen molar-refractivity contribution in [2.75, 3.05) is 0 Å². The molecule has 0 spiro atoms. The van der Waals surface area contributed by atoms with Crippen LogP contribution in [0, 0.1) is 39.9 Å². The van der Waals surface area contributed by atoms with Gasteiger partial charge < -0.3 is 10.5 Å². The summed E-state index contributed by atoms with van der Waals surface area (Å²) in [7, 11) is 0. The molecule has 0 bridgehead atoms.